The van der Waals surface area contributed by atoms with E-state index in [1.807, 2.05) is 6.92 Å². The summed E-state index contributed by atoms with van der Waals surface area (Å²) in [5, 5.41) is 19.8. The van der Waals surface area contributed by atoms with Crippen molar-refractivity contribution in [3.05, 3.63) is 29.8 Å². The van der Waals surface area contributed by atoms with Crippen molar-refractivity contribution in [2.45, 2.75) is 55.6 Å². The summed E-state index contributed by atoms with van der Waals surface area (Å²) >= 11 is 0. The number of aryl methyl sites for hydroxylation is 1. The smallest absolute Gasteiger partial charge is 0.367 e. The first-order valence-electron chi connectivity index (χ1n) is 7.90. The van der Waals surface area contributed by atoms with E-state index in [4.69, 9.17) is 18.4 Å². The van der Waals surface area contributed by atoms with E-state index in [-0.39, 0.29) is 4.90 Å². The number of aliphatic hydroxyl groups excluding tert-OH is 1. The molecule has 0 spiro atoms. The highest BCUT2D eigenvalue weighted by Crippen LogP contribution is 2.45. The molecule has 1 aromatic carbocycles. The highest BCUT2D eigenvalue weighted by molar-refractivity contribution is 7.86. The van der Waals surface area contributed by atoms with E-state index in [1.54, 1.807) is 12.1 Å². The maximum Gasteiger partial charge on any atom is 0.367 e. The minimum atomic E-state index is -4.09. The van der Waals surface area contributed by atoms with Crippen LogP contribution >= 0.6 is 0 Å². The first-order chi connectivity index (χ1) is 12.0. The Kier molecular flexibility index (Phi) is 4.62. The van der Waals surface area contributed by atoms with Gasteiger partial charge in [-0.2, -0.15) is 8.42 Å². The maximum absolute atomic E-state index is 12.2. The lowest BCUT2D eigenvalue weighted by atomic mass is 10.1. The van der Waals surface area contributed by atoms with E-state index in [1.165, 1.54) is 26.0 Å². The number of hydrogen-bond acceptors (Lipinski definition) is 8. The van der Waals surface area contributed by atoms with Crippen LogP contribution in [-0.4, -0.2) is 61.1 Å². The van der Waals surface area contributed by atoms with Gasteiger partial charge in [-0.25, -0.2) is 4.79 Å². The molecule has 2 fully saturated rings. The molecule has 10 heteroatoms. The van der Waals surface area contributed by atoms with E-state index in [0.717, 1.165) is 5.56 Å². The highest BCUT2D eigenvalue weighted by atomic mass is 32.2. The van der Waals surface area contributed by atoms with Crippen molar-refractivity contribution in [3.8, 4) is 0 Å². The van der Waals surface area contributed by atoms with Gasteiger partial charge in [-0.15, -0.1) is 0 Å². The van der Waals surface area contributed by atoms with Gasteiger partial charge < -0.3 is 24.4 Å². The molecule has 0 unspecified atom stereocenters. The fourth-order valence-electron chi connectivity index (χ4n) is 2.98. The Bertz CT molecular complexity index is 802. The largest absolute Gasteiger partial charge is 0.477 e. The van der Waals surface area contributed by atoms with E-state index in [0.29, 0.717) is 0 Å². The Morgan fingerprint density at radius 3 is 2.38 bits per heavy atom. The zero-order chi connectivity index (χ0) is 19.3. The number of benzene rings is 1. The zero-order valence-electron chi connectivity index (χ0n) is 14.4. The van der Waals surface area contributed by atoms with Crippen molar-refractivity contribution in [2.24, 2.45) is 0 Å². The first kappa shape index (κ1) is 19.2. The van der Waals surface area contributed by atoms with Gasteiger partial charge in [-0.3, -0.25) is 4.18 Å². The molecule has 4 atom stereocenters. The molecule has 0 bridgehead atoms. The molecular weight excluding hydrogens is 368 g/mol. The summed E-state index contributed by atoms with van der Waals surface area (Å²) in [5.74, 6) is -4.97. The van der Waals surface area contributed by atoms with Crippen molar-refractivity contribution in [1.82, 2.24) is 0 Å². The Hall–Kier alpha value is -1.56. The van der Waals surface area contributed by atoms with Crippen molar-refractivity contribution in [2.75, 3.05) is 6.61 Å². The number of ether oxygens (including phenoxy) is 3. The fourth-order valence-corrected chi connectivity index (χ4v) is 3.90. The number of aliphatic carboxylic acids is 1. The molecule has 2 saturated heterocycles. The molecule has 9 nitrogen and oxygen atoms in total. The van der Waals surface area contributed by atoms with Gasteiger partial charge in [0.25, 0.3) is 10.1 Å². The fraction of sp³-hybridized carbons (Fsp3) is 0.562. The molecule has 0 amide bonds. The van der Waals surface area contributed by atoms with Gasteiger partial charge in [0.2, 0.25) is 0 Å². The van der Waals surface area contributed by atoms with Crippen molar-refractivity contribution in [3.63, 3.8) is 0 Å². The predicted octanol–water partition coefficient (Wildman–Crippen LogP) is 0.392. The van der Waals surface area contributed by atoms with Gasteiger partial charge in [-0.1, -0.05) is 17.7 Å². The SMILES string of the molecule is Cc1ccc(S(=O)(=O)OC[C@H]2O[C@]3(C(=O)O)OC(C)(C)O[C@@H]3[C@H]2O)cc1. The van der Waals surface area contributed by atoms with Crippen LogP contribution in [0.3, 0.4) is 0 Å². The molecular formula is C16H20O9S. The number of aliphatic hydroxyl groups is 1. The van der Waals surface area contributed by atoms with E-state index >= 15 is 0 Å². The third kappa shape index (κ3) is 3.24. The second-order valence-electron chi connectivity index (χ2n) is 6.71. The molecule has 0 aromatic heterocycles. The summed E-state index contributed by atoms with van der Waals surface area (Å²) in [6, 6.07) is 6.01. The van der Waals surface area contributed by atoms with Crippen LogP contribution < -0.4 is 0 Å². The van der Waals surface area contributed by atoms with E-state index < -0.39 is 52.6 Å². The molecule has 3 rings (SSSR count). The van der Waals surface area contributed by atoms with E-state index in [2.05, 4.69) is 0 Å². The summed E-state index contributed by atoms with van der Waals surface area (Å²) in [6.45, 7) is 4.19. The number of carbonyl (C=O) groups is 1. The molecule has 0 radical (unpaired) electrons. The molecule has 2 aliphatic heterocycles. The summed E-state index contributed by atoms with van der Waals surface area (Å²) in [4.78, 5) is 11.6. The van der Waals surface area contributed by atoms with Crippen LogP contribution in [0.1, 0.15) is 19.4 Å². The molecule has 0 saturated carbocycles. The Morgan fingerprint density at radius 1 is 1.23 bits per heavy atom. The Morgan fingerprint density at radius 2 is 1.85 bits per heavy atom. The second kappa shape index (κ2) is 6.25. The van der Waals surface area contributed by atoms with Gasteiger partial charge in [0.15, 0.2) is 11.9 Å². The van der Waals surface area contributed by atoms with Crippen LogP contribution in [0.4, 0.5) is 0 Å². The average molecular weight is 388 g/mol. The molecule has 2 N–H and O–H groups in total. The monoisotopic (exact) mass is 388 g/mol. The lowest BCUT2D eigenvalue weighted by Crippen LogP contribution is -2.47. The number of hydrogen-bond donors (Lipinski definition) is 2. The summed E-state index contributed by atoms with van der Waals surface area (Å²) in [6.07, 6.45) is -4.01. The lowest BCUT2D eigenvalue weighted by molar-refractivity contribution is -0.264. The van der Waals surface area contributed by atoms with Crippen LogP contribution in [0.5, 0.6) is 0 Å². The minimum absolute atomic E-state index is 0.0580. The molecule has 144 valence electrons. The van der Waals surface area contributed by atoms with Crippen LogP contribution in [-0.2, 0) is 33.3 Å². The number of carboxylic acid groups (broad SMARTS) is 1. The van der Waals surface area contributed by atoms with Crippen LogP contribution in [0.2, 0.25) is 0 Å². The van der Waals surface area contributed by atoms with Crippen molar-refractivity contribution >= 4 is 16.1 Å². The Balaban J connectivity index is 1.74. The molecule has 2 heterocycles. The number of rotatable bonds is 5. The molecule has 1 aromatic rings. The van der Waals surface area contributed by atoms with E-state index in [9.17, 15) is 23.4 Å². The standard InChI is InChI=1S/C16H20O9S/c1-9-4-6-10(7-5-9)26(20,21)22-8-11-12(17)13-16(23-11,14(18)19)25-15(2,3)24-13/h4-7,11-13,17H,8H2,1-3H3,(H,18,19)/t11-,12+,13-,16+/m1/s1. The molecule has 2 aliphatic rings. The minimum Gasteiger partial charge on any atom is -0.477 e. The summed E-state index contributed by atoms with van der Waals surface area (Å²) in [5.41, 5.74) is 0.881. The third-order valence-electron chi connectivity index (χ3n) is 4.20. The third-order valence-corrected chi connectivity index (χ3v) is 5.49. The van der Waals surface area contributed by atoms with Gasteiger partial charge in [-0.05, 0) is 32.9 Å². The maximum atomic E-state index is 12.2. The number of carboxylic acids is 1. The van der Waals surface area contributed by atoms with Crippen LogP contribution in [0.15, 0.2) is 29.2 Å². The number of fused-ring (bicyclic) bond motifs is 1. The summed E-state index contributed by atoms with van der Waals surface area (Å²) in [7, 11) is -4.09. The second-order valence-corrected chi connectivity index (χ2v) is 8.33. The topological polar surface area (TPSA) is 129 Å². The highest BCUT2D eigenvalue weighted by Gasteiger charge is 2.69. The zero-order valence-corrected chi connectivity index (χ0v) is 15.2. The first-order valence-corrected chi connectivity index (χ1v) is 9.31. The molecule has 0 aliphatic carbocycles. The van der Waals surface area contributed by atoms with Crippen LogP contribution in [0.25, 0.3) is 0 Å². The van der Waals surface area contributed by atoms with Crippen molar-refractivity contribution in [1.29, 1.82) is 0 Å². The van der Waals surface area contributed by atoms with Crippen molar-refractivity contribution < 1.29 is 41.8 Å². The average Bonchev–Trinajstić information content (AvgIpc) is 2.96. The predicted molar refractivity (Wildman–Crippen MR) is 85.6 cm³/mol. The van der Waals surface area contributed by atoms with Gasteiger partial charge in [0.1, 0.15) is 12.2 Å². The Labute approximate surface area is 150 Å². The lowest BCUT2D eigenvalue weighted by Gasteiger charge is -2.25. The quantitative estimate of drug-likeness (QED) is 0.688. The van der Waals surface area contributed by atoms with Crippen LogP contribution in [0, 0.1) is 6.92 Å². The molecule has 26 heavy (non-hydrogen) atoms. The van der Waals surface area contributed by atoms with Gasteiger partial charge in [0.05, 0.1) is 11.5 Å². The van der Waals surface area contributed by atoms with Gasteiger partial charge >= 0.3 is 11.8 Å². The van der Waals surface area contributed by atoms with Gasteiger partial charge in [0, 0.05) is 0 Å². The normalized spacial score (nSPS) is 33.2. The summed E-state index contributed by atoms with van der Waals surface area (Å²) < 4.78 is 45.5.